The van der Waals surface area contributed by atoms with Crippen LogP contribution in [0.25, 0.3) is 10.8 Å². The first-order valence-corrected chi connectivity index (χ1v) is 14.8. The summed E-state index contributed by atoms with van der Waals surface area (Å²) < 4.78 is 21.3. The third-order valence-electron chi connectivity index (χ3n) is 9.10. The van der Waals surface area contributed by atoms with Crippen molar-refractivity contribution in [3.05, 3.63) is 46.9 Å². The Bertz CT molecular complexity index is 1460. The number of phenolic OH excluding ortho intramolecular Hbond substituents is 1. The predicted octanol–water partition coefficient (Wildman–Crippen LogP) is 5.24. The van der Waals surface area contributed by atoms with E-state index in [9.17, 15) is 14.3 Å². The number of aryl methyl sites for hydroxylation is 1. The highest BCUT2D eigenvalue weighted by molar-refractivity contribution is 6.16. The average Bonchev–Trinajstić information content (AvgIpc) is 3.31. The van der Waals surface area contributed by atoms with Crippen LogP contribution in [0.4, 0.5) is 15.9 Å². The number of rotatable bonds is 5. The number of ether oxygens (including phenoxy) is 1. The lowest BCUT2D eigenvalue weighted by Crippen LogP contribution is -2.42. The molecule has 5 heterocycles. The molecule has 2 bridgehead atoms. The quantitative estimate of drug-likeness (QED) is 0.453. The first-order valence-electron chi connectivity index (χ1n) is 14.8. The van der Waals surface area contributed by atoms with Crippen molar-refractivity contribution >= 4 is 28.2 Å². The highest BCUT2D eigenvalue weighted by Crippen LogP contribution is 2.41. The van der Waals surface area contributed by atoms with Gasteiger partial charge in [0.15, 0.2) is 0 Å². The summed E-state index contributed by atoms with van der Waals surface area (Å²) in [5, 5.41) is 15.6. The number of hydrogen-bond acceptors (Lipinski definition) is 7. The SMILES string of the molecule is CCc1c(F)ccc2cc(O)cc(N3Cc4nc(OC5CC6CCC(C5)N6)nc(N5CCCCCC5)c4C3=O)c12. The molecular weight excluding hydrogens is 509 g/mol. The van der Waals surface area contributed by atoms with Crippen LogP contribution in [-0.4, -0.2) is 52.3 Å². The van der Waals surface area contributed by atoms with E-state index in [0.717, 1.165) is 51.6 Å². The van der Waals surface area contributed by atoms with Crippen molar-refractivity contribution < 1.29 is 19.0 Å². The molecule has 1 aromatic heterocycles. The summed E-state index contributed by atoms with van der Waals surface area (Å²) in [4.78, 5) is 27.7. The van der Waals surface area contributed by atoms with Crippen LogP contribution in [0.15, 0.2) is 24.3 Å². The third kappa shape index (κ3) is 4.44. The van der Waals surface area contributed by atoms with Crippen LogP contribution >= 0.6 is 0 Å². The second-order valence-electron chi connectivity index (χ2n) is 11.7. The monoisotopic (exact) mass is 545 g/mol. The molecule has 2 atom stereocenters. The lowest BCUT2D eigenvalue weighted by molar-refractivity contribution is 0.0997. The van der Waals surface area contributed by atoms with Gasteiger partial charge in [-0.3, -0.25) is 4.79 Å². The van der Waals surface area contributed by atoms with Crippen LogP contribution in [-0.2, 0) is 13.0 Å². The van der Waals surface area contributed by atoms with Gasteiger partial charge >= 0.3 is 6.01 Å². The maximum atomic E-state index is 14.9. The topological polar surface area (TPSA) is 90.8 Å². The van der Waals surface area contributed by atoms with Crippen molar-refractivity contribution in [3.63, 3.8) is 0 Å². The normalized spacial score (nSPS) is 24.4. The van der Waals surface area contributed by atoms with E-state index in [1.807, 2.05) is 6.92 Å². The molecular formula is C31H36FN5O3. The Morgan fingerprint density at radius 3 is 2.55 bits per heavy atom. The van der Waals surface area contributed by atoms with E-state index in [0.29, 0.717) is 63.6 Å². The highest BCUT2D eigenvalue weighted by atomic mass is 19.1. The van der Waals surface area contributed by atoms with E-state index >= 15 is 0 Å². The molecule has 0 aliphatic carbocycles. The van der Waals surface area contributed by atoms with Crippen LogP contribution in [0.2, 0.25) is 0 Å². The zero-order chi connectivity index (χ0) is 27.4. The first kappa shape index (κ1) is 25.5. The van der Waals surface area contributed by atoms with Gasteiger partial charge in [0.1, 0.15) is 29.1 Å². The summed E-state index contributed by atoms with van der Waals surface area (Å²) >= 11 is 0. The Hall–Kier alpha value is -3.46. The van der Waals surface area contributed by atoms with Crippen molar-refractivity contribution in [2.75, 3.05) is 22.9 Å². The first-order chi connectivity index (χ1) is 19.5. The maximum Gasteiger partial charge on any atom is 0.318 e. The molecule has 2 N–H and O–H groups in total. The molecule has 3 fully saturated rings. The van der Waals surface area contributed by atoms with Gasteiger partial charge in [0.2, 0.25) is 0 Å². The molecule has 7 rings (SSSR count). The molecule has 4 aliphatic heterocycles. The molecule has 3 aromatic rings. The zero-order valence-electron chi connectivity index (χ0n) is 23.0. The summed E-state index contributed by atoms with van der Waals surface area (Å²) in [6.07, 6.45) is 9.13. The van der Waals surface area contributed by atoms with Gasteiger partial charge in [0, 0.05) is 36.6 Å². The number of aromatic nitrogens is 2. The predicted molar refractivity (Wildman–Crippen MR) is 152 cm³/mol. The maximum absolute atomic E-state index is 14.9. The molecule has 210 valence electrons. The van der Waals surface area contributed by atoms with Crippen molar-refractivity contribution in [2.45, 2.75) is 89.4 Å². The minimum absolute atomic E-state index is 0.0308. The Balaban J connectivity index is 1.31. The van der Waals surface area contributed by atoms with Gasteiger partial charge in [0.05, 0.1) is 17.9 Å². The number of carbonyl (C=O) groups is 1. The molecule has 1 amide bonds. The summed E-state index contributed by atoms with van der Waals surface area (Å²) in [7, 11) is 0. The second-order valence-corrected chi connectivity index (χ2v) is 11.7. The number of aromatic hydroxyl groups is 1. The van der Waals surface area contributed by atoms with Gasteiger partial charge in [-0.2, -0.15) is 9.97 Å². The number of benzene rings is 2. The van der Waals surface area contributed by atoms with Gasteiger partial charge in [-0.05, 0) is 68.0 Å². The molecule has 2 unspecified atom stereocenters. The number of nitrogens with zero attached hydrogens (tertiary/aromatic N) is 4. The van der Waals surface area contributed by atoms with E-state index in [2.05, 4.69) is 10.2 Å². The fourth-order valence-electron chi connectivity index (χ4n) is 7.21. The largest absolute Gasteiger partial charge is 0.508 e. The van der Waals surface area contributed by atoms with Crippen molar-refractivity contribution in [2.24, 2.45) is 0 Å². The molecule has 3 saturated heterocycles. The molecule has 0 saturated carbocycles. The average molecular weight is 546 g/mol. The van der Waals surface area contributed by atoms with Crippen LogP contribution < -0.4 is 19.9 Å². The van der Waals surface area contributed by atoms with E-state index in [1.54, 1.807) is 23.1 Å². The number of carbonyl (C=O) groups excluding carboxylic acids is 1. The zero-order valence-corrected chi connectivity index (χ0v) is 23.0. The molecule has 9 heteroatoms. The summed E-state index contributed by atoms with van der Waals surface area (Å²) in [6.45, 7) is 3.76. The minimum atomic E-state index is -0.317. The lowest BCUT2D eigenvalue weighted by Gasteiger charge is -2.29. The van der Waals surface area contributed by atoms with Gasteiger partial charge in [-0.1, -0.05) is 25.8 Å². The second kappa shape index (κ2) is 10.2. The standard InChI is InChI=1S/C31H36FN5O3/c1-2-23-24(32)10-7-18-13-21(38)16-26(27(18)23)37-17-25-28(30(37)39)29(36-11-5-3-4-6-12-36)35-31(34-25)40-22-14-19-8-9-20(15-22)33-19/h7,10,13,16,19-20,22,33,38H,2-6,8-9,11-12,14-15,17H2,1H3. The van der Waals surface area contributed by atoms with E-state index in [-0.39, 0.29) is 30.1 Å². The fourth-order valence-corrected chi connectivity index (χ4v) is 7.21. The van der Waals surface area contributed by atoms with Crippen LogP contribution in [0, 0.1) is 5.82 Å². The van der Waals surface area contributed by atoms with E-state index in [4.69, 9.17) is 14.7 Å². The fraction of sp³-hybridized carbons (Fsp3) is 0.516. The highest BCUT2D eigenvalue weighted by Gasteiger charge is 2.39. The molecule has 0 spiro atoms. The number of piperidine rings is 1. The number of fused-ring (bicyclic) bond motifs is 4. The lowest BCUT2D eigenvalue weighted by atomic mass is 9.99. The smallest absolute Gasteiger partial charge is 0.318 e. The number of phenols is 1. The molecule has 8 nitrogen and oxygen atoms in total. The van der Waals surface area contributed by atoms with Crippen molar-refractivity contribution in [1.29, 1.82) is 0 Å². The molecule has 2 aromatic carbocycles. The van der Waals surface area contributed by atoms with Gasteiger partial charge in [-0.25, -0.2) is 4.39 Å². The molecule has 40 heavy (non-hydrogen) atoms. The number of nitrogens with one attached hydrogen (secondary N) is 1. The van der Waals surface area contributed by atoms with Crippen molar-refractivity contribution in [3.8, 4) is 11.8 Å². The van der Waals surface area contributed by atoms with Crippen LogP contribution in [0.3, 0.4) is 0 Å². The van der Waals surface area contributed by atoms with Crippen molar-refractivity contribution in [1.82, 2.24) is 15.3 Å². The van der Waals surface area contributed by atoms with E-state index in [1.165, 1.54) is 18.9 Å². The Morgan fingerprint density at radius 1 is 1.07 bits per heavy atom. The summed E-state index contributed by atoms with van der Waals surface area (Å²) in [5.74, 6) is 0.127. The number of halogens is 1. The van der Waals surface area contributed by atoms with Gasteiger partial charge in [0.25, 0.3) is 5.91 Å². The Kier molecular flexibility index (Phi) is 6.49. The van der Waals surface area contributed by atoms with Crippen LogP contribution in [0.5, 0.6) is 11.8 Å². The number of anilines is 2. The minimum Gasteiger partial charge on any atom is -0.508 e. The van der Waals surface area contributed by atoms with Gasteiger partial charge in [-0.15, -0.1) is 0 Å². The van der Waals surface area contributed by atoms with E-state index < -0.39 is 0 Å². The van der Waals surface area contributed by atoms with Gasteiger partial charge < -0.3 is 25.0 Å². The molecule has 4 aliphatic rings. The number of hydrogen-bond donors (Lipinski definition) is 2. The van der Waals surface area contributed by atoms with Crippen LogP contribution in [0.1, 0.15) is 79.9 Å². The summed E-state index contributed by atoms with van der Waals surface area (Å²) in [5.41, 5.74) is 2.14. The third-order valence-corrected chi connectivity index (χ3v) is 9.10. The Morgan fingerprint density at radius 2 is 1.82 bits per heavy atom. The number of amides is 1. The summed E-state index contributed by atoms with van der Waals surface area (Å²) in [6, 6.07) is 7.55. The molecule has 0 radical (unpaired) electrons. The Labute approximate surface area is 233 Å².